The fourth-order valence-corrected chi connectivity index (χ4v) is 3.15. The summed E-state index contributed by atoms with van der Waals surface area (Å²) in [6.07, 6.45) is 0. The van der Waals surface area contributed by atoms with Gasteiger partial charge in [0.1, 0.15) is 5.69 Å². The molecular weight excluding hydrogens is 380 g/mol. The molecule has 0 saturated carbocycles. The predicted molar refractivity (Wildman–Crippen MR) is 91.0 cm³/mol. The van der Waals surface area contributed by atoms with Crippen molar-refractivity contribution in [2.75, 3.05) is 0 Å². The van der Waals surface area contributed by atoms with Crippen LogP contribution >= 0.6 is 27.3 Å². The highest BCUT2D eigenvalue weighted by molar-refractivity contribution is 9.11. The molecule has 2 amide bonds. The van der Waals surface area contributed by atoms with Crippen molar-refractivity contribution < 1.29 is 9.59 Å². The lowest BCUT2D eigenvalue weighted by atomic mass is 10.1. The van der Waals surface area contributed by atoms with E-state index in [9.17, 15) is 9.59 Å². The van der Waals surface area contributed by atoms with Crippen molar-refractivity contribution in [3.05, 3.63) is 62.9 Å². The molecule has 0 aliphatic carbocycles. The number of hydrazine groups is 1. The quantitative estimate of drug-likeness (QED) is 0.600. The maximum absolute atomic E-state index is 12.0. The number of rotatable bonds is 3. The molecule has 0 unspecified atom stereocenters. The molecule has 0 atom stereocenters. The summed E-state index contributed by atoms with van der Waals surface area (Å²) < 4.78 is 0.843. The van der Waals surface area contributed by atoms with Gasteiger partial charge in [-0.1, -0.05) is 30.3 Å². The summed E-state index contributed by atoms with van der Waals surface area (Å²) in [7, 11) is 0. The summed E-state index contributed by atoms with van der Waals surface area (Å²) in [5.74, 6) is -0.847. The summed E-state index contributed by atoms with van der Waals surface area (Å²) in [4.78, 5) is 24.4. The van der Waals surface area contributed by atoms with Crippen molar-refractivity contribution in [2.45, 2.75) is 0 Å². The zero-order valence-electron chi connectivity index (χ0n) is 11.7. The zero-order valence-corrected chi connectivity index (χ0v) is 14.1. The summed E-state index contributed by atoms with van der Waals surface area (Å²) in [5, 5.41) is 6.75. The Morgan fingerprint density at radius 1 is 1.04 bits per heavy atom. The van der Waals surface area contributed by atoms with E-state index >= 15 is 0 Å². The van der Waals surface area contributed by atoms with E-state index in [4.69, 9.17) is 0 Å². The lowest BCUT2D eigenvalue weighted by molar-refractivity contribution is 0.0846. The standard InChI is InChI=1S/C15H11BrN4O2S/c16-13-7-6-12(23-13)15(22)20-19-14(21)11-8-10(17-18-11)9-4-2-1-3-5-9/h1-8H,(H,17,18)(H,19,21)(H,20,22). The maximum atomic E-state index is 12.0. The van der Waals surface area contributed by atoms with Gasteiger partial charge in [0.2, 0.25) is 0 Å². The topological polar surface area (TPSA) is 86.9 Å². The maximum Gasteiger partial charge on any atom is 0.287 e. The molecule has 0 spiro atoms. The van der Waals surface area contributed by atoms with E-state index in [1.54, 1.807) is 18.2 Å². The van der Waals surface area contributed by atoms with Crippen LogP contribution in [0.15, 0.2) is 52.3 Å². The Balaban J connectivity index is 1.63. The van der Waals surface area contributed by atoms with Crippen LogP contribution in [0, 0.1) is 0 Å². The molecule has 8 heteroatoms. The molecule has 0 aliphatic heterocycles. The fourth-order valence-electron chi connectivity index (χ4n) is 1.87. The van der Waals surface area contributed by atoms with Crippen molar-refractivity contribution in [3.8, 4) is 11.3 Å². The molecule has 0 bridgehead atoms. The van der Waals surface area contributed by atoms with E-state index in [1.807, 2.05) is 30.3 Å². The minimum atomic E-state index is -0.469. The largest absolute Gasteiger partial charge is 0.287 e. The average Bonchev–Trinajstić information content (AvgIpc) is 3.22. The van der Waals surface area contributed by atoms with Crippen molar-refractivity contribution in [1.29, 1.82) is 0 Å². The summed E-state index contributed by atoms with van der Waals surface area (Å²) in [6.45, 7) is 0. The molecule has 3 rings (SSSR count). The van der Waals surface area contributed by atoms with Crippen LogP contribution in [-0.2, 0) is 0 Å². The third-order valence-corrected chi connectivity index (χ3v) is 4.60. The van der Waals surface area contributed by atoms with Gasteiger partial charge in [-0.05, 0) is 34.1 Å². The van der Waals surface area contributed by atoms with Crippen molar-refractivity contribution in [1.82, 2.24) is 21.0 Å². The highest BCUT2D eigenvalue weighted by atomic mass is 79.9. The monoisotopic (exact) mass is 390 g/mol. The predicted octanol–water partition coefficient (Wildman–Crippen LogP) is 2.98. The van der Waals surface area contributed by atoms with Gasteiger partial charge in [0, 0.05) is 5.56 Å². The normalized spacial score (nSPS) is 10.3. The number of aromatic nitrogens is 2. The molecule has 1 aromatic carbocycles. The molecule has 3 N–H and O–H groups in total. The number of carbonyl (C=O) groups is 2. The number of benzene rings is 1. The Hall–Kier alpha value is -2.45. The van der Waals surface area contributed by atoms with Crippen LogP contribution < -0.4 is 10.9 Å². The molecule has 0 fully saturated rings. The molecule has 0 radical (unpaired) electrons. The van der Waals surface area contributed by atoms with E-state index in [2.05, 4.69) is 37.0 Å². The SMILES string of the molecule is O=C(NNC(=O)c1ccc(Br)s1)c1cc(-c2ccccc2)n[nH]1. The summed E-state index contributed by atoms with van der Waals surface area (Å²) in [5.41, 5.74) is 6.53. The number of aromatic amines is 1. The number of thiophene rings is 1. The molecule has 6 nitrogen and oxygen atoms in total. The molecular formula is C15H11BrN4O2S. The first kappa shape index (κ1) is 15.4. The molecule has 2 heterocycles. The smallest absolute Gasteiger partial charge is 0.272 e. The number of H-pyrrole nitrogens is 1. The van der Waals surface area contributed by atoms with Crippen molar-refractivity contribution in [2.24, 2.45) is 0 Å². The first-order chi connectivity index (χ1) is 11.1. The second-order valence-corrected chi connectivity index (χ2v) is 7.01. The first-order valence-electron chi connectivity index (χ1n) is 6.60. The van der Waals surface area contributed by atoms with Gasteiger partial charge in [0.05, 0.1) is 14.4 Å². The third-order valence-electron chi connectivity index (χ3n) is 2.98. The average molecular weight is 391 g/mol. The number of hydrogen-bond donors (Lipinski definition) is 3. The fraction of sp³-hybridized carbons (Fsp3) is 0. The van der Waals surface area contributed by atoms with E-state index < -0.39 is 5.91 Å². The number of nitrogens with zero attached hydrogens (tertiary/aromatic N) is 1. The van der Waals surface area contributed by atoms with Crippen molar-refractivity contribution in [3.63, 3.8) is 0 Å². The van der Waals surface area contributed by atoms with Gasteiger partial charge >= 0.3 is 0 Å². The summed E-state index contributed by atoms with van der Waals surface area (Å²) >= 11 is 4.56. The number of amides is 2. The van der Waals surface area contributed by atoms with E-state index in [0.717, 1.165) is 9.35 Å². The highest BCUT2D eigenvalue weighted by Gasteiger charge is 2.13. The summed E-state index contributed by atoms with van der Waals surface area (Å²) in [6, 6.07) is 14.5. The Morgan fingerprint density at radius 3 is 2.48 bits per heavy atom. The van der Waals surface area contributed by atoms with Gasteiger partial charge in [0.25, 0.3) is 11.8 Å². The molecule has 0 saturated heterocycles. The van der Waals surface area contributed by atoms with E-state index in [1.165, 1.54) is 11.3 Å². The van der Waals surface area contributed by atoms with Crippen LogP contribution in [0.2, 0.25) is 0 Å². The van der Waals surface area contributed by atoms with Crippen LogP contribution in [0.5, 0.6) is 0 Å². The number of nitrogens with one attached hydrogen (secondary N) is 3. The minimum Gasteiger partial charge on any atom is -0.272 e. The lowest BCUT2D eigenvalue weighted by Crippen LogP contribution is -2.41. The van der Waals surface area contributed by atoms with Gasteiger partial charge in [0.15, 0.2) is 0 Å². The van der Waals surface area contributed by atoms with E-state index in [0.29, 0.717) is 10.6 Å². The van der Waals surface area contributed by atoms with Gasteiger partial charge < -0.3 is 0 Å². The van der Waals surface area contributed by atoms with Gasteiger partial charge in [-0.3, -0.25) is 25.5 Å². The molecule has 0 aliphatic rings. The second-order valence-electron chi connectivity index (χ2n) is 4.54. The second kappa shape index (κ2) is 6.76. The van der Waals surface area contributed by atoms with Crippen LogP contribution in [0.1, 0.15) is 20.2 Å². The number of carbonyl (C=O) groups excluding carboxylic acids is 2. The Kier molecular flexibility index (Phi) is 4.54. The highest BCUT2D eigenvalue weighted by Crippen LogP contribution is 2.21. The Labute approximate surface area is 144 Å². The molecule has 116 valence electrons. The number of halogens is 1. The van der Waals surface area contributed by atoms with Crippen LogP contribution in [0.4, 0.5) is 0 Å². The lowest BCUT2D eigenvalue weighted by Gasteiger charge is -2.04. The number of hydrogen-bond acceptors (Lipinski definition) is 4. The van der Waals surface area contributed by atoms with Gasteiger partial charge in [-0.15, -0.1) is 11.3 Å². The van der Waals surface area contributed by atoms with Gasteiger partial charge in [-0.2, -0.15) is 5.10 Å². The molecule has 3 aromatic rings. The Bertz CT molecular complexity index is 844. The van der Waals surface area contributed by atoms with Gasteiger partial charge in [-0.25, -0.2) is 0 Å². The van der Waals surface area contributed by atoms with Crippen LogP contribution in [-0.4, -0.2) is 22.0 Å². The van der Waals surface area contributed by atoms with Crippen molar-refractivity contribution >= 4 is 39.1 Å². The minimum absolute atomic E-state index is 0.261. The van der Waals surface area contributed by atoms with Crippen LogP contribution in [0.3, 0.4) is 0 Å². The van der Waals surface area contributed by atoms with E-state index in [-0.39, 0.29) is 11.6 Å². The van der Waals surface area contributed by atoms with Crippen LogP contribution in [0.25, 0.3) is 11.3 Å². The molecule has 2 aromatic heterocycles. The first-order valence-corrected chi connectivity index (χ1v) is 8.21. The Morgan fingerprint density at radius 2 is 1.78 bits per heavy atom. The third kappa shape index (κ3) is 3.66. The zero-order chi connectivity index (χ0) is 16.2. The molecule has 23 heavy (non-hydrogen) atoms.